The third-order valence-corrected chi connectivity index (χ3v) is 6.19. The molecule has 9 nitrogen and oxygen atoms in total. The van der Waals surface area contributed by atoms with Gasteiger partial charge in [0.15, 0.2) is 5.03 Å². The molecule has 4 rings (SSSR count). The van der Waals surface area contributed by atoms with E-state index in [0.29, 0.717) is 17.6 Å². The first-order valence-corrected chi connectivity index (χ1v) is 10.3. The number of aromatic nitrogens is 3. The Morgan fingerprint density at radius 2 is 2.22 bits per heavy atom. The molecule has 0 fully saturated rings. The number of hydrogen-bond acceptors (Lipinski definition) is 7. The highest BCUT2D eigenvalue weighted by Gasteiger charge is 2.35. The van der Waals surface area contributed by atoms with Crippen molar-refractivity contribution in [3.63, 3.8) is 0 Å². The second-order valence-corrected chi connectivity index (χ2v) is 8.53. The second kappa shape index (κ2) is 6.50. The quantitative estimate of drug-likeness (QED) is 0.730. The monoisotopic (exact) mass is 450 g/mol. The van der Waals surface area contributed by atoms with E-state index in [1.807, 2.05) is 12.2 Å². The van der Waals surface area contributed by atoms with E-state index in [1.165, 1.54) is 18.6 Å². The summed E-state index contributed by atoms with van der Waals surface area (Å²) in [4.78, 5) is 17.4. The van der Waals surface area contributed by atoms with Crippen molar-refractivity contribution >= 4 is 48.6 Å². The molecule has 0 aliphatic carbocycles. The van der Waals surface area contributed by atoms with Crippen LogP contribution in [0.4, 0.5) is 5.69 Å². The number of carbonyl (C=O) groups is 1. The maximum Gasteiger partial charge on any atom is 0.300 e. The molecule has 4 heterocycles. The van der Waals surface area contributed by atoms with Crippen LogP contribution in [0.15, 0.2) is 52.5 Å². The van der Waals surface area contributed by atoms with Crippen molar-refractivity contribution in [3.05, 3.63) is 52.5 Å². The van der Waals surface area contributed by atoms with Crippen LogP contribution in [0.5, 0.6) is 0 Å². The first-order valence-electron chi connectivity index (χ1n) is 8.09. The lowest BCUT2D eigenvalue weighted by Crippen LogP contribution is -2.35. The minimum absolute atomic E-state index is 0.0572. The lowest BCUT2D eigenvalue weighted by molar-refractivity contribution is -0.115. The number of carbonyl (C=O) groups excluding carboxylic acids is 1. The summed E-state index contributed by atoms with van der Waals surface area (Å²) < 4.78 is 28.1. The van der Waals surface area contributed by atoms with Gasteiger partial charge in [-0.05, 0) is 34.1 Å². The number of pyridine rings is 1. The summed E-state index contributed by atoms with van der Waals surface area (Å²) >= 11 is 3.36. The summed E-state index contributed by atoms with van der Waals surface area (Å²) in [5.41, 5.74) is 1.10. The molecule has 11 heteroatoms. The molecule has 140 valence electrons. The van der Waals surface area contributed by atoms with Gasteiger partial charge in [-0.15, -0.1) is 0 Å². The average Bonchev–Trinajstić information content (AvgIpc) is 3.25. The van der Waals surface area contributed by atoms with Crippen molar-refractivity contribution in [1.29, 1.82) is 0 Å². The Kier molecular flexibility index (Phi) is 4.27. The number of rotatable bonds is 4. The van der Waals surface area contributed by atoms with Gasteiger partial charge in [0, 0.05) is 23.3 Å². The summed E-state index contributed by atoms with van der Waals surface area (Å²) in [7, 11) is -3.99. The highest BCUT2D eigenvalue weighted by molar-refractivity contribution is 9.11. The van der Waals surface area contributed by atoms with Gasteiger partial charge in [0.05, 0.1) is 18.1 Å². The fraction of sp³-hybridized carbons (Fsp3) is 0.188. The molecule has 1 atom stereocenters. The molecule has 0 saturated carbocycles. The number of nitrogens with zero attached hydrogens (tertiary/aromatic N) is 4. The molecule has 0 aromatic carbocycles. The number of fused-ring (bicyclic) bond motifs is 2. The highest BCUT2D eigenvalue weighted by Crippen LogP contribution is 2.30. The van der Waals surface area contributed by atoms with Gasteiger partial charge in [-0.25, -0.2) is 0 Å². The van der Waals surface area contributed by atoms with E-state index in [4.69, 9.17) is 0 Å². The van der Waals surface area contributed by atoms with Crippen molar-refractivity contribution < 1.29 is 13.2 Å². The molecule has 2 aromatic heterocycles. The van der Waals surface area contributed by atoms with Crippen LogP contribution in [-0.4, -0.2) is 39.6 Å². The van der Waals surface area contributed by atoms with Crippen LogP contribution >= 0.6 is 15.9 Å². The number of anilines is 1. The standard InChI is InChI=1S/C16H15BrN6O3S/c1-2-15(24)21-11-5-13-12(18-6-11)7-20-23(13)27(25,26)16-8-19-14-4-3-10(17)9-22(14)16/h3-9,14,19H,2H2,1H3,(H,21,24). The lowest BCUT2D eigenvalue weighted by atomic mass is 10.3. The normalized spacial score (nSPS) is 18.7. The van der Waals surface area contributed by atoms with Gasteiger partial charge in [-0.1, -0.05) is 6.92 Å². The predicted octanol–water partition coefficient (Wildman–Crippen LogP) is 1.79. The number of allylic oxidation sites excluding steroid dienone is 2. The zero-order valence-electron chi connectivity index (χ0n) is 14.1. The molecule has 1 unspecified atom stereocenters. The molecule has 27 heavy (non-hydrogen) atoms. The van der Waals surface area contributed by atoms with Gasteiger partial charge < -0.3 is 15.5 Å². The molecular weight excluding hydrogens is 436 g/mol. The predicted molar refractivity (Wildman–Crippen MR) is 104 cm³/mol. The fourth-order valence-corrected chi connectivity index (χ4v) is 4.57. The maximum atomic E-state index is 13.2. The van der Waals surface area contributed by atoms with E-state index >= 15 is 0 Å². The van der Waals surface area contributed by atoms with E-state index in [-0.39, 0.29) is 22.6 Å². The van der Waals surface area contributed by atoms with Crippen molar-refractivity contribution in [2.75, 3.05) is 5.32 Å². The van der Waals surface area contributed by atoms with Crippen molar-refractivity contribution in [1.82, 2.24) is 24.4 Å². The topological polar surface area (TPSA) is 109 Å². The SMILES string of the molecule is CCC(=O)Nc1cnc2cnn(S(=O)(=O)C3=CNC4C=CC(Br)=CN34)c2c1. The summed E-state index contributed by atoms with van der Waals surface area (Å²) in [5, 5.41) is 9.76. The molecule has 0 radical (unpaired) electrons. The minimum Gasteiger partial charge on any atom is -0.365 e. The molecule has 2 aromatic rings. The van der Waals surface area contributed by atoms with Crippen molar-refractivity contribution in [3.8, 4) is 0 Å². The largest absolute Gasteiger partial charge is 0.365 e. The second-order valence-electron chi connectivity index (χ2n) is 5.90. The summed E-state index contributed by atoms with van der Waals surface area (Å²) in [6.45, 7) is 1.73. The van der Waals surface area contributed by atoms with Crippen LogP contribution in [0.3, 0.4) is 0 Å². The Labute approximate surface area is 163 Å². The van der Waals surface area contributed by atoms with Crippen molar-refractivity contribution in [2.24, 2.45) is 0 Å². The molecule has 2 N–H and O–H groups in total. The van der Waals surface area contributed by atoms with Gasteiger partial charge in [0.1, 0.15) is 17.2 Å². The van der Waals surface area contributed by atoms with Crippen LogP contribution in [0.1, 0.15) is 13.3 Å². The number of amides is 1. The van der Waals surface area contributed by atoms with Gasteiger partial charge in [0.25, 0.3) is 0 Å². The Bertz CT molecular complexity index is 1130. The van der Waals surface area contributed by atoms with E-state index in [0.717, 1.165) is 8.57 Å². The number of halogens is 1. The third kappa shape index (κ3) is 3.02. The average molecular weight is 451 g/mol. The summed E-state index contributed by atoms with van der Waals surface area (Å²) in [5.74, 6) is -0.189. The zero-order valence-corrected chi connectivity index (χ0v) is 16.5. The number of hydrogen-bond donors (Lipinski definition) is 2. The lowest BCUT2D eigenvalue weighted by Gasteiger charge is -2.25. The van der Waals surface area contributed by atoms with E-state index < -0.39 is 10.0 Å². The molecule has 1 amide bonds. The molecular formula is C16H15BrN6O3S. The van der Waals surface area contributed by atoms with Gasteiger partial charge in [-0.3, -0.25) is 9.78 Å². The molecule has 0 bridgehead atoms. The Balaban J connectivity index is 1.76. The van der Waals surface area contributed by atoms with Gasteiger partial charge >= 0.3 is 10.0 Å². The summed E-state index contributed by atoms with van der Waals surface area (Å²) in [6, 6.07) is 1.54. The first kappa shape index (κ1) is 17.7. The Morgan fingerprint density at radius 1 is 1.41 bits per heavy atom. The molecule has 0 saturated heterocycles. The van der Waals surface area contributed by atoms with Crippen LogP contribution in [0.2, 0.25) is 0 Å². The maximum absolute atomic E-state index is 13.2. The molecule has 0 spiro atoms. The van der Waals surface area contributed by atoms with E-state index in [2.05, 4.69) is 36.6 Å². The van der Waals surface area contributed by atoms with Crippen LogP contribution in [0, 0.1) is 0 Å². The van der Waals surface area contributed by atoms with E-state index in [9.17, 15) is 13.2 Å². The third-order valence-electron chi connectivity index (χ3n) is 4.12. The van der Waals surface area contributed by atoms with Gasteiger partial charge in [-0.2, -0.15) is 17.6 Å². The van der Waals surface area contributed by atoms with Gasteiger partial charge in [0.2, 0.25) is 5.91 Å². The Hall–Kier alpha value is -2.66. The Morgan fingerprint density at radius 3 is 3.00 bits per heavy atom. The number of nitrogens with one attached hydrogen (secondary N) is 2. The fourth-order valence-electron chi connectivity index (χ4n) is 2.79. The molecule has 2 aliphatic rings. The van der Waals surface area contributed by atoms with E-state index in [1.54, 1.807) is 24.1 Å². The van der Waals surface area contributed by atoms with Crippen LogP contribution < -0.4 is 10.6 Å². The molecule has 2 aliphatic heterocycles. The minimum atomic E-state index is -3.99. The first-order chi connectivity index (χ1) is 12.9. The van der Waals surface area contributed by atoms with Crippen molar-refractivity contribution in [2.45, 2.75) is 19.5 Å². The van der Waals surface area contributed by atoms with Crippen LogP contribution in [0.25, 0.3) is 11.0 Å². The highest BCUT2D eigenvalue weighted by atomic mass is 79.9. The summed E-state index contributed by atoms with van der Waals surface area (Å²) in [6.07, 6.45) is 9.67. The zero-order chi connectivity index (χ0) is 19.2. The smallest absolute Gasteiger partial charge is 0.300 e. The van der Waals surface area contributed by atoms with Crippen LogP contribution in [-0.2, 0) is 14.8 Å².